The van der Waals surface area contributed by atoms with Gasteiger partial charge in [-0.2, -0.15) is 0 Å². The van der Waals surface area contributed by atoms with Gasteiger partial charge in [0, 0.05) is 19.5 Å². The van der Waals surface area contributed by atoms with Crippen LogP contribution in [0, 0.1) is 13.8 Å². The van der Waals surface area contributed by atoms with E-state index in [9.17, 15) is 4.79 Å². The topological polar surface area (TPSA) is 63.9 Å². The molecule has 6 nitrogen and oxygen atoms in total. The van der Waals surface area contributed by atoms with Gasteiger partial charge in [0.15, 0.2) is 5.82 Å². The first kappa shape index (κ1) is 15.7. The summed E-state index contributed by atoms with van der Waals surface area (Å²) >= 11 is 1.50. The minimum Gasteiger partial charge on any atom is -0.328 e. The van der Waals surface area contributed by atoms with Crippen molar-refractivity contribution in [2.75, 3.05) is 6.54 Å². The zero-order valence-electron chi connectivity index (χ0n) is 14.3. The fourth-order valence-corrected chi connectivity index (χ4v) is 4.77. The fraction of sp³-hybridized carbons (Fsp3) is 0.647. The first-order chi connectivity index (χ1) is 11.6. The van der Waals surface area contributed by atoms with Crippen LogP contribution in [-0.4, -0.2) is 37.1 Å². The largest absolute Gasteiger partial charge is 0.328 e. The highest BCUT2D eigenvalue weighted by Crippen LogP contribution is 2.34. The number of likely N-dealkylation sites (tertiary alicyclic amines) is 1. The lowest BCUT2D eigenvalue weighted by molar-refractivity contribution is 0.0731. The minimum atomic E-state index is 0.0543. The summed E-state index contributed by atoms with van der Waals surface area (Å²) in [5.41, 5.74) is 0.841. The summed E-state index contributed by atoms with van der Waals surface area (Å²) in [6, 6.07) is 0.0543. The number of aryl methyl sites for hydroxylation is 3. The summed E-state index contributed by atoms with van der Waals surface area (Å²) in [6.07, 6.45) is 6.60. The Kier molecular flexibility index (Phi) is 4.12. The molecule has 0 aromatic carbocycles. The first-order valence-corrected chi connectivity index (χ1v) is 9.64. The highest BCUT2D eigenvalue weighted by Gasteiger charge is 2.36. The highest BCUT2D eigenvalue weighted by atomic mass is 32.1. The standard InChI is InChI=1S/C17H23N5OS/c1-11-15(24-12(2)18-11)17(23)21-10-6-7-13(21)16-20-19-14-8-4-3-5-9-22(14)16/h13H,3-10H2,1-2H3. The fourth-order valence-electron chi connectivity index (χ4n) is 3.89. The molecule has 0 spiro atoms. The number of thiazole rings is 1. The molecule has 1 amide bonds. The molecule has 128 valence electrons. The monoisotopic (exact) mass is 345 g/mol. The lowest BCUT2D eigenvalue weighted by atomic mass is 10.2. The Morgan fingerprint density at radius 2 is 2.00 bits per heavy atom. The van der Waals surface area contributed by atoms with Gasteiger partial charge in [-0.3, -0.25) is 4.79 Å². The maximum absolute atomic E-state index is 13.1. The lowest BCUT2D eigenvalue weighted by Gasteiger charge is -2.24. The van der Waals surface area contributed by atoms with Gasteiger partial charge in [-0.25, -0.2) is 4.98 Å². The van der Waals surface area contributed by atoms with Gasteiger partial charge in [0.1, 0.15) is 10.7 Å². The van der Waals surface area contributed by atoms with Crippen molar-refractivity contribution in [2.24, 2.45) is 0 Å². The molecule has 2 aliphatic heterocycles. The Labute approximate surface area is 145 Å². The molecule has 1 fully saturated rings. The normalized spacial score (nSPS) is 20.9. The average Bonchev–Trinajstić information content (AvgIpc) is 3.22. The van der Waals surface area contributed by atoms with Crippen LogP contribution in [0.4, 0.5) is 0 Å². The van der Waals surface area contributed by atoms with Gasteiger partial charge in [-0.05, 0) is 39.5 Å². The molecule has 0 saturated carbocycles. The van der Waals surface area contributed by atoms with Crippen molar-refractivity contribution in [3.8, 4) is 0 Å². The second-order valence-electron chi connectivity index (χ2n) is 6.74. The van der Waals surface area contributed by atoms with E-state index in [-0.39, 0.29) is 11.9 Å². The molecule has 2 aromatic rings. The first-order valence-electron chi connectivity index (χ1n) is 8.82. The van der Waals surface area contributed by atoms with Crippen LogP contribution >= 0.6 is 11.3 Å². The number of carbonyl (C=O) groups excluding carboxylic acids is 1. The van der Waals surface area contributed by atoms with Crippen molar-refractivity contribution in [1.29, 1.82) is 0 Å². The molecule has 2 aliphatic rings. The van der Waals surface area contributed by atoms with E-state index in [1.54, 1.807) is 0 Å². The van der Waals surface area contributed by atoms with Crippen LogP contribution in [0.5, 0.6) is 0 Å². The molecule has 0 radical (unpaired) electrons. The Morgan fingerprint density at radius 1 is 1.12 bits per heavy atom. The number of amides is 1. The van der Waals surface area contributed by atoms with E-state index < -0.39 is 0 Å². The Bertz CT molecular complexity index is 765. The van der Waals surface area contributed by atoms with Crippen molar-refractivity contribution in [2.45, 2.75) is 65.0 Å². The predicted molar refractivity (Wildman–Crippen MR) is 92.2 cm³/mol. The van der Waals surface area contributed by atoms with Crippen LogP contribution in [-0.2, 0) is 13.0 Å². The van der Waals surface area contributed by atoms with E-state index in [1.165, 1.54) is 30.6 Å². The number of nitrogens with zero attached hydrogens (tertiary/aromatic N) is 5. The highest BCUT2D eigenvalue weighted by molar-refractivity contribution is 7.13. The molecule has 1 unspecified atom stereocenters. The maximum Gasteiger partial charge on any atom is 0.266 e. The van der Waals surface area contributed by atoms with Gasteiger partial charge in [-0.1, -0.05) is 6.42 Å². The van der Waals surface area contributed by atoms with Crippen LogP contribution in [0.15, 0.2) is 0 Å². The molecule has 24 heavy (non-hydrogen) atoms. The van der Waals surface area contributed by atoms with Gasteiger partial charge in [0.25, 0.3) is 5.91 Å². The maximum atomic E-state index is 13.1. The van der Waals surface area contributed by atoms with Gasteiger partial charge < -0.3 is 9.47 Å². The van der Waals surface area contributed by atoms with Crippen molar-refractivity contribution in [3.05, 3.63) is 27.2 Å². The summed E-state index contributed by atoms with van der Waals surface area (Å²) in [7, 11) is 0. The lowest BCUT2D eigenvalue weighted by Crippen LogP contribution is -2.32. The molecule has 2 aromatic heterocycles. The number of hydrogen-bond donors (Lipinski definition) is 0. The molecule has 1 saturated heterocycles. The average molecular weight is 345 g/mol. The molecule has 4 rings (SSSR count). The van der Waals surface area contributed by atoms with Gasteiger partial charge in [-0.15, -0.1) is 21.5 Å². The third-order valence-corrected chi connectivity index (χ3v) is 6.11. The van der Waals surface area contributed by atoms with E-state index in [1.807, 2.05) is 18.7 Å². The molecular weight excluding hydrogens is 322 g/mol. The smallest absolute Gasteiger partial charge is 0.266 e. The molecule has 0 bridgehead atoms. The summed E-state index contributed by atoms with van der Waals surface area (Å²) in [5.74, 6) is 2.18. The third kappa shape index (κ3) is 2.64. The van der Waals surface area contributed by atoms with E-state index >= 15 is 0 Å². The van der Waals surface area contributed by atoms with Gasteiger partial charge >= 0.3 is 0 Å². The number of rotatable bonds is 2. The van der Waals surface area contributed by atoms with Crippen molar-refractivity contribution in [1.82, 2.24) is 24.6 Å². The molecular formula is C17H23N5OS. The molecule has 7 heteroatoms. The Hall–Kier alpha value is -1.76. The van der Waals surface area contributed by atoms with E-state index in [2.05, 4.69) is 19.7 Å². The van der Waals surface area contributed by atoms with Gasteiger partial charge in [0.05, 0.1) is 16.7 Å². The van der Waals surface area contributed by atoms with Crippen molar-refractivity contribution in [3.63, 3.8) is 0 Å². The van der Waals surface area contributed by atoms with E-state index in [4.69, 9.17) is 0 Å². The van der Waals surface area contributed by atoms with Crippen molar-refractivity contribution < 1.29 is 4.79 Å². The number of fused-ring (bicyclic) bond motifs is 1. The number of carbonyl (C=O) groups is 1. The minimum absolute atomic E-state index is 0.0543. The zero-order valence-corrected chi connectivity index (χ0v) is 15.1. The Balaban J connectivity index is 1.65. The third-order valence-electron chi connectivity index (χ3n) is 5.05. The molecule has 1 atom stereocenters. The van der Waals surface area contributed by atoms with E-state index in [0.29, 0.717) is 0 Å². The van der Waals surface area contributed by atoms with Crippen LogP contribution in [0.2, 0.25) is 0 Å². The zero-order chi connectivity index (χ0) is 16.7. The molecule has 0 aliphatic carbocycles. The second-order valence-corrected chi connectivity index (χ2v) is 7.94. The number of aromatic nitrogens is 4. The van der Waals surface area contributed by atoms with Crippen LogP contribution in [0.3, 0.4) is 0 Å². The van der Waals surface area contributed by atoms with Crippen LogP contribution < -0.4 is 0 Å². The quantitative estimate of drug-likeness (QED) is 0.839. The van der Waals surface area contributed by atoms with Crippen molar-refractivity contribution >= 4 is 17.2 Å². The number of hydrogen-bond acceptors (Lipinski definition) is 5. The van der Waals surface area contributed by atoms with Gasteiger partial charge in [0.2, 0.25) is 0 Å². The molecule has 4 heterocycles. The van der Waals surface area contributed by atoms with Crippen LogP contribution in [0.1, 0.15) is 70.2 Å². The molecule has 0 N–H and O–H groups in total. The summed E-state index contributed by atoms with van der Waals surface area (Å²) < 4.78 is 2.27. The second kappa shape index (κ2) is 6.27. The summed E-state index contributed by atoms with van der Waals surface area (Å²) in [4.78, 5) is 20.2. The summed E-state index contributed by atoms with van der Waals surface area (Å²) in [6.45, 7) is 5.65. The predicted octanol–water partition coefficient (Wildman–Crippen LogP) is 3.06. The summed E-state index contributed by atoms with van der Waals surface area (Å²) in [5, 5.41) is 9.84. The SMILES string of the molecule is Cc1nc(C)c(C(=O)N2CCCC2c2nnc3n2CCCCC3)s1. The van der Waals surface area contributed by atoms with Crippen LogP contribution in [0.25, 0.3) is 0 Å². The van der Waals surface area contributed by atoms with E-state index in [0.717, 1.165) is 59.6 Å². The Morgan fingerprint density at radius 3 is 2.79 bits per heavy atom.